The Morgan fingerprint density at radius 3 is 2.84 bits per heavy atom. The van der Waals surface area contributed by atoms with Crippen LogP contribution >= 0.6 is 11.8 Å². The third kappa shape index (κ3) is 3.29. The molecule has 0 radical (unpaired) electrons. The standard InChI is InChI=1S/C13H14N2O3S/c1-8(19-12-6-3-9(14)7-15-12)10-4-5-11(18-10)13(16)17-2/h3-8H,14H2,1-2H3. The number of nitrogens with two attached hydrogens (primary N) is 1. The van der Waals surface area contributed by atoms with Crippen molar-refractivity contribution >= 4 is 23.4 Å². The third-order valence-corrected chi connectivity index (χ3v) is 3.54. The van der Waals surface area contributed by atoms with E-state index in [1.54, 1.807) is 24.4 Å². The van der Waals surface area contributed by atoms with Crippen LogP contribution in [0.4, 0.5) is 5.69 Å². The van der Waals surface area contributed by atoms with Crippen molar-refractivity contribution in [1.82, 2.24) is 4.98 Å². The van der Waals surface area contributed by atoms with Gasteiger partial charge < -0.3 is 14.9 Å². The number of hydrogen-bond donors (Lipinski definition) is 1. The molecule has 1 atom stereocenters. The normalized spacial score (nSPS) is 12.1. The van der Waals surface area contributed by atoms with E-state index in [0.29, 0.717) is 11.4 Å². The zero-order valence-electron chi connectivity index (χ0n) is 10.6. The molecule has 100 valence electrons. The number of methoxy groups -OCH3 is 1. The quantitative estimate of drug-likeness (QED) is 0.684. The van der Waals surface area contributed by atoms with Gasteiger partial charge in [0.1, 0.15) is 5.76 Å². The maximum absolute atomic E-state index is 11.3. The summed E-state index contributed by atoms with van der Waals surface area (Å²) in [4.78, 5) is 15.5. The van der Waals surface area contributed by atoms with Crippen molar-refractivity contribution in [1.29, 1.82) is 0 Å². The van der Waals surface area contributed by atoms with Crippen LogP contribution in [-0.2, 0) is 4.74 Å². The first-order valence-electron chi connectivity index (χ1n) is 5.66. The molecule has 6 heteroatoms. The fourth-order valence-electron chi connectivity index (χ4n) is 1.48. The van der Waals surface area contributed by atoms with Crippen molar-refractivity contribution in [2.24, 2.45) is 0 Å². The van der Waals surface area contributed by atoms with Gasteiger partial charge in [-0.05, 0) is 31.2 Å². The molecule has 0 amide bonds. The first-order valence-corrected chi connectivity index (χ1v) is 6.54. The van der Waals surface area contributed by atoms with Crippen LogP contribution in [0.2, 0.25) is 0 Å². The Morgan fingerprint density at radius 1 is 1.42 bits per heavy atom. The summed E-state index contributed by atoms with van der Waals surface area (Å²) in [5.74, 6) is 0.424. The molecule has 2 N–H and O–H groups in total. The van der Waals surface area contributed by atoms with E-state index < -0.39 is 5.97 Å². The van der Waals surface area contributed by atoms with Crippen LogP contribution in [0.25, 0.3) is 0 Å². The molecule has 0 bridgehead atoms. The van der Waals surface area contributed by atoms with Crippen LogP contribution in [-0.4, -0.2) is 18.1 Å². The molecule has 1 unspecified atom stereocenters. The number of anilines is 1. The molecule has 0 aromatic carbocycles. The highest BCUT2D eigenvalue weighted by atomic mass is 32.2. The summed E-state index contributed by atoms with van der Waals surface area (Å²) < 4.78 is 10.0. The van der Waals surface area contributed by atoms with Crippen LogP contribution in [0.1, 0.15) is 28.5 Å². The molecule has 2 rings (SSSR count). The number of carbonyl (C=O) groups is 1. The van der Waals surface area contributed by atoms with Crippen LogP contribution in [0.15, 0.2) is 39.9 Å². The molecule has 0 spiro atoms. The van der Waals surface area contributed by atoms with E-state index in [9.17, 15) is 4.79 Å². The van der Waals surface area contributed by atoms with Crippen molar-refractivity contribution in [2.75, 3.05) is 12.8 Å². The van der Waals surface area contributed by atoms with Gasteiger partial charge in [-0.1, -0.05) is 11.8 Å². The van der Waals surface area contributed by atoms with Crippen molar-refractivity contribution in [2.45, 2.75) is 17.2 Å². The lowest BCUT2D eigenvalue weighted by atomic mass is 10.3. The highest BCUT2D eigenvalue weighted by Gasteiger charge is 2.16. The number of thioether (sulfide) groups is 1. The predicted molar refractivity (Wildman–Crippen MR) is 73.0 cm³/mol. The van der Waals surface area contributed by atoms with Gasteiger partial charge in [0, 0.05) is 0 Å². The largest absolute Gasteiger partial charge is 0.463 e. The lowest BCUT2D eigenvalue weighted by Crippen LogP contribution is -1.98. The van der Waals surface area contributed by atoms with Crippen molar-refractivity contribution in [3.8, 4) is 0 Å². The van der Waals surface area contributed by atoms with Crippen LogP contribution in [0.3, 0.4) is 0 Å². The van der Waals surface area contributed by atoms with E-state index in [1.165, 1.54) is 18.9 Å². The zero-order valence-corrected chi connectivity index (χ0v) is 11.4. The smallest absolute Gasteiger partial charge is 0.373 e. The molecule has 0 aliphatic heterocycles. The summed E-state index contributed by atoms with van der Waals surface area (Å²) in [7, 11) is 1.32. The Labute approximate surface area is 115 Å². The van der Waals surface area contributed by atoms with Gasteiger partial charge in [0.2, 0.25) is 5.76 Å². The fraction of sp³-hybridized carbons (Fsp3) is 0.231. The van der Waals surface area contributed by atoms with Crippen LogP contribution in [0.5, 0.6) is 0 Å². The van der Waals surface area contributed by atoms with Gasteiger partial charge in [-0.2, -0.15) is 0 Å². The summed E-state index contributed by atoms with van der Waals surface area (Å²) in [6.07, 6.45) is 1.61. The number of esters is 1. The second-order valence-electron chi connectivity index (χ2n) is 3.88. The lowest BCUT2D eigenvalue weighted by Gasteiger charge is -2.07. The first-order chi connectivity index (χ1) is 9.10. The number of ether oxygens (including phenoxy) is 1. The first kappa shape index (κ1) is 13.5. The van der Waals surface area contributed by atoms with E-state index >= 15 is 0 Å². The molecule has 2 heterocycles. The molecule has 0 aliphatic rings. The van der Waals surface area contributed by atoms with Crippen molar-refractivity contribution < 1.29 is 13.9 Å². The van der Waals surface area contributed by atoms with Gasteiger partial charge >= 0.3 is 5.97 Å². The average molecular weight is 278 g/mol. The van der Waals surface area contributed by atoms with E-state index in [0.717, 1.165) is 5.03 Å². The van der Waals surface area contributed by atoms with Crippen molar-refractivity contribution in [3.63, 3.8) is 0 Å². The summed E-state index contributed by atoms with van der Waals surface area (Å²) in [6.45, 7) is 1.97. The highest BCUT2D eigenvalue weighted by Crippen LogP contribution is 2.34. The lowest BCUT2D eigenvalue weighted by molar-refractivity contribution is 0.0563. The zero-order chi connectivity index (χ0) is 13.8. The fourth-order valence-corrected chi connectivity index (χ4v) is 2.35. The maximum atomic E-state index is 11.3. The Morgan fingerprint density at radius 2 is 2.21 bits per heavy atom. The minimum absolute atomic E-state index is 0.0366. The van der Waals surface area contributed by atoms with Gasteiger partial charge in [0.05, 0.1) is 29.3 Å². The van der Waals surface area contributed by atoms with Crippen LogP contribution < -0.4 is 5.73 Å². The minimum Gasteiger partial charge on any atom is -0.463 e. The second kappa shape index (κ2) is 5.79. The Balaban J connectivity index is 2.07. The van der Waals surface area contributed by atoms with E-state index in [1.807, 2.05) is 13.0 Å². The summed E-state index contributed by atoms with van der Waals surface area (Å²) in [5, 5.41) is 0.882. The monoisotopic (exact) mass is 278 g/mol. The van der Waals surface area contributed by atoms with E-state index in [-0.39, 0.29) is 11.0 Å². The maximum Gasteiger partial charge on any atom is 0.373 e. The molecule has 0 saturated carbocycles. The topological polar surface area (TPSA) is 78.4 Å². The Kier molecular flexibility index (Phi) is 4.11. The number of nitrogens with zero attached hydrogens (tertiary/aromatic N) is 1. The van der Waals surface area contributed by atoms with Gasteiger partial charge in [-0.3, -0.25) is 0 Å². The summed E-state index contributed by atoms with van der Waals surface area (Å²) in [6, 6.07) is 7.01. The van der Waals surface area contributed by atoms with E-state index in [2.05, 4.69) is 9.72 Å². The molecule has 19 heavy (non-hydrogen) atoms. The van der Waals surface area contributed by atoms with Gasteiger partial charge in [-0.15, -0.1) is 0 Å². The Hall–Kier alpha value is -1.95. The van der Waals surface area contributed by atoms with Crippen LogP contribution in [0, 0.1) is 0 Å². The number of furan rings is 1. The molecule has 2 aromatic heterocycles. The predicted octanol–water partition coefficient (Wildman–Crippen LogP) is 2.90. The number of hydrogen-bond acceptors (Lipinski definition) is 6. The molecule has 0 fully saturated rings. The highest BCUT2D eigenvalue weighted by molar-refractivity contribution is 7.99. The summed E-state index contributed by atoms with van der Waals surface area (Å²) in [5.41, 5.74) is 6.21. The number of rotatable bonds is 4. The van der Waals surface area contributed by atoms with Gasteiger partial charge in [-0.25, -0.2) is 9.78 Å². The van der Waals surface area contributed by atoms with E-state index in [4.69, 9.17) is 10.2 Å². The SMILES string of the molecule is COC(=O)c1ccc(C(C)Sc2ccc(N)cn2)o1. The number of nitrogen functional groups attached to an aromatic ring is 1. The molecular weight excluding hydrogens is 264 g/mol. The minimum atomic E-state index is -0.478. The molecule has 5 nitrogen and oxygen atoms in total. The molecular formula is C13H14N2O3S. The Bertz CT molecular complexity index is 566. The molecule has 2 aromatic rings. The average Bonchev–Trinajstić information content (AvgIpc) is 2.90. The second-order valence-corrected chi connectivity index (χ2v) is 5.24. The van der Waals surface area contributed by atoms with Crippen molar-refractivity contribution in [3.05, 3.63) is 42.0 Å². The molecule has 0 aliphatic carbocycles. The van der Waals surface area contributed by atoms with Gasteiger partial charge in [0.25, 0.3) is 0 Å². The number of carbonyl (C=O) groups excluding carboxylic acids is 1. The summed E-state index contributed by atoms with van der Waals surface area (Å²) >= 11 is 1.53. The number of pyridine rings is 1. The number of aromatic nitrogens is 1. The van der Waals surface area contributed by atoms with Gasteiger partial charge in [0.15, 0.2) is 0 Å². The third-order valence-electron chi connectivity index (χ3n) is 2.47. The molecule has 0 saturated heterocycles.